The number of hydrogen-bond donors (Lipinski definition) is 4. The molecule has 0 radical (unpaired) electrons. The molecule has 2 heterocycles. The van der Waals surface area contributed by atoms with E-state index < -0.39 is 36.2 Å². The molecule has 2 saturated heterocycles. The van der Waals surface area contributed by atoms with Gasteiger partial charge in [-0.1, -0.05) is 13.8 Å². The highest BCUT2D eigenvalue weighted by atomic mass is 16.5. The predicted molar refractivity (Wildman–Crippen MR) is 78.0 cm³/mol. The zero-order chi connectivity index (χ0) is 17.3. The van der Waals surface area contributed by atoms with Gasteiger partial charge in [0, 0.05) is 13.0 Å². The summed E-state index contributed by atoms with van der Waals surface area (Å²) in [4.78, 5) is 36.0. The molecule has 0 aromatic carbocycles. The zero-order valence-corrected chi connectivity index (χ0v) is 13.1. The fourth-order valence-corrected chi connectivity index (χ4v) is 2.66. The number of nitrogens with two attached hydrogens (primary N) is 1. The van der Waals surface area contributed by atoms with E-state index in [2.05, 4.69) is 5.32 Å². The molecule has 5 atom stereocenters. The Bertz CT molecular complexity index is 497. The Kier molecular flexibility index (Phi) is 5.23. The summed E-state index contributed by atoms with van der Waals surface area (Å²) in [6.45, 7) is 3.81. The van der Waals surface area contributed by atoms with Crippen LogP contribution in [0.1, 0.15) is 26.7 Å². The predicted octanol–water partition coefficient (Wildman–Crippen LogP) is -1.75. The number of hydrogen-bond acceptors (Lipinski definition) is 6. The van der Waals surface area contributed by atoms with Crippen LogP contribution in [0.25, 0.3) is 0 Å². The van der Waals surface area contributed by atoms with Crippen LogP contribution in [-0.4, -0.2) is 70.0 Å². The minimum atomic E-state index is -1.47. The summed E-state index contributed by atoms with van der Waals surface area (Å²) >= 11 is 0. The minimum absolute atomic E-state index is 0.00838. The standard InChI is InChI=1S/C14H23N3O6/c1-6(2)11(15)13(20)16-12(14(21)22)8(18)3-7-5-17-9(19)4-10(17)23-7/h6-8,10-12,18H,3-5,15H2,1-2H3,(H,16,20)(H,21,22)/t7?,8-,10?,11+,12+/m1/s1. The van der Waals surface area contributed by atoms with Crippen LogP contribution in [0.5, 0.6) is 0 Å². The number of β-lactam (4-membered cyclic amide) rings is 1. The SMILES string of the molecule is CC(C)[C@H](N)C(=O)N[C@H](C(=O)O)[C@H](O)CC1CN2C(=O)CC2O1. The number of carbonyl (C=O) groups is 3. The number of carbonyl (C=O) groups excluding carboxylic acids is 2. The molecule has 5 N–H and O–H groups in total. The van der Waals surface area contributed by atoms with Gasteiger partial charge in [0.15, 0.2) is 6.04 Å². The van der Waals surface area contributed by atoms with Crippen molar-refractivity contribution in [3.8, 4) is 0 Å². The van der Waals surface area contributed by atoms with Crippen LogP contribution in [-0.2, 0) is 19.1 Å². The average Bonchev–Trinajstić information content (AvgIpc) is 2.79. The van der Waals surface area contributed by atoms with Gasteiger partial charge in [-0.25, -0.2) is 4.79 Å². The number of nitrogens with zero attached hydrogens (tertiary/aromatic N) is 1. The van der Waals surface area contributed by atoms with Gasteiger partial charge in [-0.3, -0.25) is 9.59 Å². The molecule has 130 valence electrons. The molecule has 0 aliphatic carbocycles. The van der Waals surface area contributed by atoms with E-state index in [1.54, 1.807) is 18.7 Å². The quantitative estimate of drug-likeness (QED) is 0.406. The van der Waals surface area contributed by atoms with Gasteiger partial charge in [-0.2, -0.15) is 0 Å². The summed E-state index contributed by atoms with van der Waals surface area (Å²) in [5.74, 6) is -2.15. The normalized spacial score (nSPS) is 27.2. The van der Waals surface area contributed by atoms with Gasteiger partial charge in [0.05, 0.1) is 24.7 Å². The summed E-state index contributed by atoms with van der Waals surface area (Å²) in [5.41, 5.74) is 5.68. The van der Waals surface area contributed by atoms with Crippen molar-refractivity contribution in [2.75, 3.05) is 6.54 Å². The molecular formula is C14H23N3O6. The van der Waals surface area contributed by atoms with Crippen molar-refractivity contribution in [2.24, 2.45) is 11.7 Å². The maximum atomic E-state index is 11.9. The van der Waals surface area contributed by atoms with Crippen LogP contribution in [0.3, 0.4) is 0 Å². The molecule has 2 fully saturated rings. The average molecular weight is 329 g/mol. The van der Waals surface area contributed by atoms with Crippen molar-refractivity contribution in [3.63, 3.8) is 0 Å². The molecule has 2 amide bonds. The van der Waals surface area contributed by atoms with Crippen LogP contribution in [0, 0.1) is 5.92 Å². The van der Waals surface area contributed by atoms with Crippen LogP contribution in [0.2, 0.25) is 0 Å². The van der Waals surface area contributed by atoms with Crippen molar-refractivity contribution in [2.45, 2.75) is 57.2 Å². The first kappa shape index (κ1) is 17.6. The van der Waals surface area contributed by atoms with Gasteiger partial charge in [0.2, 0.25) is 11.8 Å². The molecule has 0 aromatic rings. The Labute approximate surface area is 133 Å². The molecular weight excluding hydrogens is 306 g/mol. The number of aliphatic hydroxyl groups excluding tert-OH is 1. The maximum Gasteiger partial charge on any atom is 0.328 e. The van der Waals surface area contributed by atoms with Gasteiger partial charge in [0.25, 0.3) is 0 Å². The smallest absolute Gasteiger partial charge is 0.328 e. The molecule has 23 heavy (non-hydrogen) atoms. The van der Waals surface area contributed by atoms with Gasteiger partial charge in [0.1, 0.15) is 6.23 Å². The number of nitrogens with one attached hydrogen (secondary N) is 1. The van der Waals surface area contributed by atoms with E-state index in [-0.39, 0.29) is 24.5 Å². The summed E-state index contributed by atoms with van der Waals surface area (Å²) in [5, 5.41) is 21.6. The van der Waals surface area contributed by atoms with Crippen molar-refractivity contribution in [1.29, 1.82) is 0 Å². The number of carboxylic acids is 1. The van der Waals surface area contributed by atoms with Crippen molar-refractivity contribution < 1.29 is 29.3 Å². The van der Waals surface area contributed by atoms with E-state index in [0.29, 0.717) is 13.0 Å². The second-order valence-corrected chi connectivity index (χ2v) is 6.36. The lowest BCUT2D eigenvalue weighted by Gasteiger charge is -2.31. The first-order valence-electron chi connectivity index (χ1n) is 7.62. The summed E-state index contributed by atoms with van der Waals surface area (Å²) in [7, 11) is 0. The van der Waals surface area contributed by atoms with E-state index in [0.717, 1.165) is 0 Å². The number of carboxylic acid groups (broad SMARTS) is 1. The number of amides is 2. The van der Waals surface area contributed by atoms with Crippen LogP contribution >= 0.6 is 0 Å². The molecule has 2 unspecified atom stereocenters. The minimum Gasteiger partial charge on any atom is -0.480 e. The lowest BCUT2D eigenvalue weighted by molar-refractivity contribution is -0.157. The molecule has 0 saturated carbocycles. The third kappa shape index (κ3) is 3.80. The second kappa shape index (κ2) is 6.81. The third-order valence-corrected chi connectivity index (χ3v) is 4.24. The molecule has 2 rings (SSSR count). The monoisotopic (exact) mass is 329 g/mol. The lowest BCUT2D eigenvalue weighted by atomic mass is 10.0. The van der Waals surface area contributed by atoms with E-state index in [1.807, 2.05) is 0 Å². The number of aliphatic hydroxyl groups is 1. The molecule has 0 bridgehead atoms. The first-order chi connectivity index (χ1) is 10.7. The summed E-state index contributed by atoms with van der Waals surface area (Å²) < 4.78 is 5.54. The topological polar surface area (TPSA) is 142 Å². The summed E-state index contributed by atoms with van der Waals surface area (Å²) in [6.07, 6.45) is -1.73. The molecule has 2 aliphatic rings. The van der Waals surface area contributed by atoms with E-state index in [4.69, 9.17) is 10.5 Å². The Morgan fingerprint density at radius 1 is 1.48 bits per heavy atom. The molecule has 9 heteroatoms. The highest BCUT2D eigenvalue weighted by Crippen LogP contribution is 2.30. The van der Waals surface area contributed by atoms with Crippen LogP contribution in [0.15, 0.2) is 0 Å². The maximum absolute atomic E-state index is 11.9. The molecule has 2 aliphatic heterocycles. The number of fused-ring (bicyclic) bond motifs is 1. The Balaban J connectivity index is 1.91. The van der Waals surface area contributed by atoms with Gasteiger partial charge >= 0.3 is 5.97 Å². The van der Waals surface area contributed by atoms with E-state index in [1.165, 1.54) is 0 Å². The summed E-state index contributed by atoms with van der Waals surface area (Å²) in [6, 6.07) is -2.33. The molecule has 0 aromatic heterocycles. The Morgan fingerprint density at radius 2 is 2.13 bits per heavy atom. The van der Waals surface area contributed by atoms with Gasteiger partial charge in [-0.05, 0) is 5.92 Å². The highest BCUT2D eigenvalue weighted by Gasteiger charge is 2.46. The van der Waals surface area contributed by atoms with Gasteiger partial charge in [-0.15, -0.1) is 0 Å². The zero-order valence-electron chi connectivity index (χ0n) is 13.1. The van der Waals surface area contributed by atoms with E-state index >= 15 is 0 Å². The van der Waals surface area contributed by atoms with Crippen LogP contribution < -0.4 is 11.1 Å². The van der Waals surface area contributed by atoms with Crippen LogP contribution in [0.4, 0.5) is 0 Å². The lowest BCUT2D eigenvalue weighted by Crippen LogP contribution is -2.55. The second-order valence-electron chi connectivity index (χ2n) is 6.36. The van der Waals surface area contributed by atoms with Crippen molar-refractivity contribution in [1.82, 2.24) is 10.2 Å². The Morgan fingerprint density at radius 3 is 2.61 bits per heavy atom. The van der Waals surface area contributed by atoms with Crippen molar-refractivity contribution in [3.05, 3.63) is 0 Å². The number of aliphatic carboxylic acids is 1. The highest BCUT2D eigenvalue weighted by molar-refractivity contribution is 5.87. The van der Waals surface area contributed by atoms with E-state index in [9.17, 15) is 24.6 Å². The van der Waals surface area contributed by atoms with Crippen molar-refractivity contribution >= 4 is 17.8 Å². The fourth-order valence-electron chi connectivity index (χ4n) is 2.66. The number of ether oxygens (including phenoxy) is 1. The third-order valence-electron chi connectivity index (χ3n) is 4.24. The Hall–Kier alpha value is -1.71. The first-order valence-corrected chi connectivity index (χ1v) is 7.62. The largest absolute Gasteiger partial charge is 0.480 e. The molecule has 0 spiro atoms. The molecule has 9 nitrogen and oxygen atoms in total. The van der Waals surface area contributed by atoms with Gasteiger partial charge < -0.3 is 30.9 Å². The fraction of sp³-hybridized carbons (Fsp3) is 0.786. The number of rotatable bonds is 7.